The Morgan fingerprint density at radius 3 is 2.97 bits per heavy atom. The first-order valence-corrected chi connectivity index (χ1v) is 9.31. The molecular weight excluding hydrogens is 394 g/mol. The molecule has 1 aromatic carbocycles. The van der Waals surface area contributed by atoms with Gasteiger partial charge in [-0.05, 0) is 12.1 Å². The molecule has 0 bridgehead atoms. The van der Waals surface area contributed by atoms with Crippen molar-refractivity contribution in [2.45, 2.75) is 6.04 Å². The average molecular weight is 408 g/mol. The second kappa shape index (κ2) is 6.39. The third-order valence-electron chi connectivity index (χ3n) is 5.30. The van der Waals surface area contributed by atoms with E-state index in [4.69, 9.17) is 9.72 Å². The third kappa shape index (κ3) is 2.45. The van der Waals surface area contributed by atoms with Crippen LogP contribution in [0.3, 0.4) is 0 Å². The van der Waals surface area contributed by atoms with Gasteiger partial charge in [0.2, 0.25) is 5.95 Å². The van der Waals surface area contributed by atoms with Crippen LogP contribution in [-0.4, -0.2) is 54.0 Å². The first-order valence-electron chi connectivity index (χ1n) is 9.31. The zero-order chi connectivity index (χ0) is 20.2. The molecule has 4 aromatic rings. The van der Waals surface area contributed by atoms with Crippen molar-refractivity contribution in [1.29, 1.82) is 0 Å². The quantitative estimate of drug-likeness (QED) is 0.502. The van der Waals surface area contributed by atoms with Gasteiger partial charge in [0.25, 0.3) is 0 Å². The minimum atomic E-state index is -0.706. The van der Waals surface area contributed by atoms with Crippen molar-refractivity contribution in [2.75, 3.05) is 24.7 Å². The number of halogens is 2. The van der Waals surface area contributed by atoms with Crippen molar-refractivity contribution < 1.29 is 13.5 Å². The van der Waals surface area contributed by atoms with E-state index in [2.05, 4.69) is 25.1 Å². The van der Waals surface area contributed by atoms with Crippen molar-refractivity contribution in [2.24, 2.45) is 0 Å². The number of hydrogen-bond acceptors (Lipinski definition) is 7. The molecule has 6 rings (SSSR count). The van der Waals surface area contributed by atoms with Gasteiger partial charge in [-0.1, -0.05) is 0 Å². The SMILES string of the molecule is Fc1ccc(-c2nccn2-c2ncc3c(n2)N2CCOCC2c2nncn2-3)c(F)c1. The summed E-state index contributed by atoms with van der Waals surface area (Å²) in [6, 6.07) is 3.27. The number of morpholine rings is 1. The summed E-state index contributed by atoms with van der Waals surface area (Å²) in [7, 11) is 0. The minimum Gasteiger partial charge on any atom is -0.377 e. The van der Waals surface area contributed by atoms with Crippen LogP contribution in [0.1, 0.15) is 11.9 Å². The number of ether oxygens (including phenoxy) is 1. The molecule has 1 saturated heterocycles. The maximum absolute atomic E-state index is 14.4. The van der Waals surface area contributed by atoms with Crippen LogP contribution in [0, 0.1) is 11.6 Å². The Bertz CT molecular complexity index is 1270. The van der Waals surface area contributed by atoms with Crippen LogP contribution in [-0.2, 0) is 4.74 Å². The molecule has 0 N–H and O–H groups in total. The lowest BCUT2D eigenvalue weighted by Gasteiger charge is -2.39. The first-order chi connectivity index (χ1) is 14.7. The summed E-state index contributed by atoms with van der Waals surface area (Å²) in [5, 5.41) is 8.26. The van der Waals surface area contributed by atoms with Crippen molar-refractivity contribution in [3.63, 3.8) is 0 Å². The smallest absolute Gasteiger partial charge is 0.237 e. The van der Waals surface area contributed by atoms with Gasteiger partial charge in [0, 0.05) is 25.0 Å². The predicted octanol–water partition coefficient (Wildman–Crippen LogP) is 2.08. The highest BCUT2D eigenvalue weighted by atomic mass is 19.1. The van der Waals surface area contributed by atoms with Crippen LogP contribution < -0.4 is 4.90 Å². The summed E-state index contributed by atoms with van der Waals surface area (Å²) in [6.45, 7) is 1.69. The van der Waals surface area contributed by atoms with Gasteiger partial charge in [-0.15, -0.1) is 10.2 Å². The molecular formula is C19H14F2N8O. The van der Waals surface area contributed by atoms with Crippen LogP contribution in [0.15, 0.2) is 43.1 Å². The van der Waals surface area contributed by atoms with Crippen LogP contribution >= 0.6 is 0 Å². The summed E-state index contributed by atoms with van der Waals surface area (Å²) in [6.07, 6.45) is 6.47. The molecule has 0 aliphatic carbocycles. The van der Waals surface area contributed by atoms with Gasteiger partial charge >= 0.3 is 0 Å². The number of fused-ring (bicyclic) bond motifs is 6. The van der Waals surface area contributed by atoms with Gasteiger partial charge in [0.15, 0.2) is 11.6 Å². The number of anilines is 1. The molecule has 2 aliphatic heterocycles. The van der Waals surface area contributed by atoms with E-state index in [1.54, 1.807) is 23.3 Å². The van der Waals surface area contributed by atoms with Crippen LogP contribution in [0.5, 0.6) is 0 Å². The zero-order valence-electron chi connectivity index (χ0n) is 15.5. The second-order valence-electron chi connectivity index (χ2n) is 6.97. The Morgan fingerprint density at radius 1 is 1.13 bits per heavy atom. The van der Waals surface area contributed by atoms with Gasteiger partial charge in [-0.3, -0.25) is 9.13 Å². The number of nitrogens with zero attached hydrogens (tertiary/aromatic N) is 8. The Morgan fingerprint density at radius 2 is 2.07 bits per heavy atom. The van der Waals surface area contributed by atoms with Gasteiger partial charge in [0.05, 0.1) is 25.0 Å². The van der Waals surface area contributed by atoms with E-state index >= 15 is 0 Å². The van der Waals surface area contributed by atoms with E-state index in [9.17, 15) is 8.78 Å². The molecule has 1 fully saturated rings. The van der Waals surface area contributed by atoms with Gasteiger partial charge in [-0.25, -0.2) is 18.7 Å². The number of hydrogen-bond donors (Lipinski definition) is 0. The molecule has 3 aromatic heterocycles. The molecule has 1 atom stereocenters. The molecule has 30 heavy (non-hydrogen) atoms. The van der Waals surface area contributed by atoms with Crippen LogP contribution in [0.25, 0.3) is 23.0 Å². The van der Waals surface area contributed by atoms with Crippen molar-refractivity contribution in [1.82, 2.24) is 34.3 Å². The molecule has 0 saturated carbocycles. The van der Waals surface area contributed by atoms with Crippen LogP contribution in [0.2, 0.25) is 0 Å². The molecule has 150 valence electrons. The fourth-order valence-electron chi connectivity index (χ4n) is 3.92. The lowest BCUT2D eigenvalue weighted by Crippen LogP contribution is -2.44. The first kappa shape index (κ1) is 17.2. The lowest BCUT2D eigenvalue weighted by atomic mass is 10.1. The summed E-state index contributed by atoms with van der Waals surface area (Å²) in [5.41, 5.74) is 0.916. The number of rotatable bonds is 2. The van der Waals surface area contributed by atoms with E-state index < -0.39 is 11.6 Å². The van der Waals surface area contributed by atoms with Gasteiger partial charge in [0.1, 0.15) is 35.5 Å². The van der Waals surface area contributed by atoms with Gasteiger partial charge < -0.3 is 9.64 Å². The van der Waals surface area contributed by atoms with E-state index in [0.29, 0.717) is 31.5 Å². The van der Waals surface area contributed by atoms with Crippen molar-refractivity contribution >= 4 is 5.82 Å². The molecule has 1 unspecified atom stereocenters. The van der Waals surface area contributed by atoms with Crippen LogP contribution in [0.4, 0.5) is 14.6 Å². The maximum Gasteiger partial charge on any atom is 0.237 e. The van der Waals surface area contributed by atoms with Crippen molar-refractivity contribution in [3.05, 3.63) is 60.6 Å². The molecule has 2 aliphatic rings. The number of benzene rings is 1. The molecule has 0 spiro atoms. The fraction of sp³-hybridized carbons (Fsp3) is 0.211. The Balaban J connectivity index is 1.50. The summed E-state index contributed by atoms with van der Waals surface area (Å²) in [4.78, 5) is 15.6. The van der Waals surface area contributed by atoms with E-state index in [1.807, 2.05) is 4.57 Å². The highest BCUT2D eigenvalue weighted by Gasteiger charge is 2.36. The monoisotopic (exact) mass is 408 g/mol. The molecule has 9 nitrogen and oxygen atoms in total. The normalized spacial score (nSPS) is 17.4. The molecule has 0 amide bonds. The summed E-state index contributed by atoms with van der Waals surface area (Å²) >= 11 is 0. The summed E-state index contributed by atoms with van der Waals surface area (Å²) < 4.78 is 36.8. The Hall–Kier alpha value is -3.73. The Kier molecular flexibility index (Phi) is 3.65. The summed E-state index contributed by atoms with van der Waals surface area (Å²) in [5.74, 6) is 0.735. The standard InChI is InChI=1S/C19H14F2N8O/c20-11-1-2-12(13(21)7-11)16-22-3-4-28(16)19-23-8-14-17(25-19)27-5-6-30-9-15(27)18-26-24-10-29(14)18/h1-4,7-8,10,15H,5-6,9H2. The zero-order valence-corrected chi connectivity index (χ0v) is 15.5. The largest absolute Gasteiger partial charge is 0.377 e. The second-order valence-corrected chi connectivity index (χ2v) is 6.97. The average Bonchev–Trinajstić information content (AvgIpc) is 3.44. The number of aromatic nitrogens is 7. The van der Waals surface area contributed by atoms with E-state index in [1.165, 1.54) is 18.3 Å². The molecule has 0 radical (unpaired) electrons. The fourth-order valence-corrected chi connectivity index (χ4v) is 3.92. The van der Waals surface area contributed by atoms with Gasteiger partial charge in [-0.2, -0.15) is 4.98 Å². The Labute approximate surface area is 168 Å². The van der Waals surface area contributed by atoms with E-state index in [0.717, 1.165) is 17.6 Å². The molecule has 5 heterocycles. The minimum absolute atomic E-state index is 0.103. The third-order valence-corrected chi connectivity index (χ3v) is 5.30. The molecule has 11 heteroatoms. The maximum atomic E-state index is 14.4. The van der Waals surface area contributed by atoms with Crippen molar-refractivity contribution in [3.8, 4) is 23.0 Å². The van der Waals surface area contributed by atoms with E-state index in [-0.39, 0.29) is 17.4 Å². The lowest BCUT2D eigenvalue weighted by molar-refractivity contribution is 0.0894. The highest BCUT2D eigenvalue weighted by molar-refractivity contribution is 5.63. The predicted molar refractivity (Wildman–Crippen MR) is 100 cm³/mol. The topological polar surface area (TPSA) is 86.8 Å². The number of imidazole rings is 1. The highest BCUT2D eigenvalue weighted by Crippen LogP contribution is 2.37.